The van der Waals surface area contributed by atoms with Crippen LogP contribution in [0.5, 0.6) is 0 Å². The Morgan fingerprint density at radius 2 is 0.961 bits per heavy atom. The summed E-state index contributed by atoms with van der Waals surface area (Å²) in [5.41, 5.74) is 9.02. The van der Waals surface area contributed by atoms with Crippen molar-refractivity contribution in [3.05, 3.63) is 139 Å². The molecule has 12 rings (SSSR count). The van der Waals surface area contributed by atoms with Gasteiger partial charge >= 0.3 is 0 Å². The normalized spacial score (nSPS) is 22.3. The van der Waals surface area contributed by atoms with Crippen LogP contribution in [0, 0.1) is 17.8 Å². The highest BCUT2D eigenvalue weighted by Crippen LogP contribution is 2.60. The molecule has 4 fully saturated rings. The SMILES string of the molecule is c1ccc(-c2nc(-c3ccc(C45CC6CC(CC(C6)C4)C5)cc3)nc(-c3ccc(-c4ccc5oc6ccccc6c5c4)c4ccccc34)n2)cc1. The van der Waals surface area contributed by atoms with E-state index in [-0.39, 0.29) is 0 Å². The molecule has 0 amide bonds. The second kappa shape index (κ2) is 11.2. The maximum Gasteiger partial charge on any atom is 0.164 e. The first kappa shape index (κ1) is 29.2. The van der Waals surface area contributed by atoms with Crippen LogP contribution in [-0.2, 0) is 5.41 Å². The van der Waals surface area contributed by atoms with Crippen LogP contribution in [0.3, 0.4) is 0 Å². The summed E-state index contributed by atoms with van der Waals surface area (Å²) in [6, 6.07) is 47.3. The molecule has 4 heteroatoms. The lowest BCUT2D eigenvalue weighted by Crippen LogP contribution is -2.48. The van der Waals surface area contributed by atoms with Crippen molar-refractivity contribution < 1.29 is 4.42 Å². The third-order valence-electron chi connectivity index (χ3n) is 12.3. The Hall–Kier alpha value is -5.61. The van der Waals surface area contributed by atoms with Crippen molar-refractivity contribution in [2.45, 2.75) is 43.9 Å². The minimum absolute atomic E-state index is 0.364. The monoisotopic (exact) mass is 659 g/mol. The molecule has 0 atom stereocenters. The summed E-state index contributed by atoms with van der Waals surface area (Å²) in [6.45, 7) is 0. The topological polar surface area (TPSA) is 51.8 Å². The molecule has 51 heavy (non-hydrogen) atoms. The molecule has 4 bridgehead atoms. The van der Waals surface area contributed by atoms with E-state index in [0.717, 1.165) is 72.7 Å². The number of furan rings is 1. The van der Waals surface area contributed by atoms with Crippen molar-refractivity contribution in [3.8, 4) is 45.3 Å². The number of rotatable bonds is 5. The van der Waals surface area contributed by atoms with Crippen LogP contribution >= 0.6 is 0 Å². The van der Waals surface area contributed by atoms with E-state index in [1.54, 1.807) is 0 Å². The number of fused-ring (bicyclic) bond motifs is 4. The summed E-state index contributed by atoms with van der Waals surface area (Å²) >= 11 is 0. The Balaban J connectivity index is 1.03. The van der Waals surface area contributed by atoms with E-state index in [2.05, 4.69) is 103 Å². The first-order valence-electron chi connectivity index (χ1n) is 18.5. The zero-order valence-corrected chi connectivity index (χ0v) is 28.4. The van der Waals surface area contributed by atoms with E-state index in [1.165, 1.54) is 49.7 Å². The van der Waals surface area contributed by atoms with Gasteiger partial charge in [-0.05, 0) is 113 Å². The van der Waals surface area contributed by atoms with E-state index in [4.69, 9.17) is 19.4 Å². The molecule has 8 aromatic rings. The number of aromatic nitrogens is 3. The van der Waals surface area contributed by atoms with Gasteiger partial charge in [0, 0.05) is 27.5 Å². The zero-order chi connectivity index (χ0) is 33.5. The fourth-order valence-corrected chi connectivity index (χ4v) is 10.4. The molecule has 6 aromatic carbocycles. The number of benzene rings is 6. The van der Waals surface area contributed by atoms with Crippen LogP contribution in [-0.4, -0.2) is 15.0 Å². The predicted octanol–water partition coefficient (Wildman–Crippen LogP) is 12.1. The standard InChI is InChI=1S/C47H37N3O/c1-2-8-32(9-3-1)44-48-45(33-14-17-35(18-15-33)47-26-29-22-30(27-47)24-31(23-29)28-47)50-46(49-44)40-20-19-36(37-10-4-5-11-38(37)40)34-16-21-43-41(25-34)39-12-6-7-13-42(39)51-43/h1-21,25,29-31H,22-24,26-28H2. The molecule has 4 saturated carbocycles. The molecule has 246 valence electrons. The van der Waals surface area contributed by atoms with Gasteiger partial charge in [-0.3, -0.25) is 0 Å². The summed E-state index contributed by atoms with van der Waals surface area (Å²) in [5, 5.41) is 4.53. The lowest BCUT2D eigenvalue weighted by Gasteiger charge is -2.57. The van der Waals surface area contributed by atoms with Crippen LogP contribution in [0.2, 0.25) is 0 Å². The van der Waals surface area contributed by atoms with E-state index in [1.807, 2.05) is 30.3 Å². The highest BCUT2D eigenvalue weighted by molar-refractivity contribution is 6.09. The lowest BCUT2D eigenvalue weighted by molar-refractivity contribution is -0.00518. The van der Waals surface area contributed by atoms with Gasteiger partial charge in [0.1, 0.15) is 11.2 Å². The molecule has 0 radical (unpaired) electrons. The number of para-hydroxylation sites is 1. The van der Waals surface area contributed by atoms with Crippen LogP contribution < -0.4 is 0 Å². The molecule has 4 aliphatic carbocycles. The Morgan fingerprint density at radius 1 is 0.431 bits per heavy atom. The molecule has 4 aliphatic rings. The van der Waals surface area contributed by atoms with Crippen molar-refractivity contribution >= 4 is 32.7 Å². The molecule has 0 unspecified atom stereocenters. The van der Waals surface area contributed by atoms with Crippen molar-refractivity contribution in [2.75, 3.05) is 0 Å². The van der Waals surface area contributed by atoms with E-state index in [9.17, 15) is 0 Å². The Morgan fingerprint density at radius 3 is 1.67 bits per heavy atom. The molecule has 0 aliphatic heterocycles. The average Bonchev–Trinajstić information content (AvgIpc) is 3.55. The maximum atomic E-state index is 6.14. The highest BCUT2D eigenvalue weighted by Gasteiger charge is 2.51. The van der Waals surface area contributed by atoms with Crippen molar-refractivity contribution in [1.29, 1.82) is 0 Å². The number of hydrogen-bond donors (Lipinski definition) is 0. The Kier molecular flexibility index (Phi) is 6.40. The van der Waals surface area contributed by atoms with E-state index in [0.29, 0.717) is 22.9 Å². The summed E-state index contributed by atoms with van der Waals surface area (Å²) < 4.78 is 6.14. The maximum absolute atomic E-state index is 6.14. The number of hydrogen-bond acceptors (Lipinski definition) is 4. The fourth-order valence-electron chi connectivity index (χ4n) is 10.4. The van der Waals surface area contributed by atoms with Crippen molar-refractivity contribution in [2.24, 2.45) is 17.8 Å². The lowest BCUT2D eigenvalue weighted by atomic mass is 9.48. The summed E-state index contributed by atoms with van der Waals surface area (Å²) in [4.78, 5) is 15.4. The molecule has 2 aromatic heterocycles. The van der Waals surface area contributed by atoms with Crippen LogP contribution in [0.25, 0.3) is 78.0 Å². The average molecular weight is 660 g/mol. The molecule has 0 saturated heterocycles. The van der Waals surface area contributed by atoms with Gasteiger partial charge in [-0.15, -0.1) is 0 Å². The number of nitrogens with zero attached hydrogens (tertiary/aromatic N) is 3. The smallest absolute Gasteiger partial charge is 0.164 e. The van der Waals surface area contributed by atoms with Gasteiger partial charge in [0.2, 0.25) is 0 Å². The van der Waals surface area contributed by atoms with Crippen LogP contribution in [0.1, 0.15) is 44.1 Å². The Bertz CT molecular complexity index is 2580. The van der Waals surface area contributed by atoms with Gasteiger partial charge in [0.15, 0.2) is 17.5 Å². The van der Waals surface area contributed by atoms with Crippen LogP contribution in [0.15, 0.2) is 138 Å². The molecule has 2 heterocycles. The van der Waals surface area contributed by atoms with Crippen molar-refractivity contribution in [1.82, 2.24) is 15.0 Å². The zero-order valence-electron chi connectivity index (χ0n) is 28.4. The summed E-state index contributed by atoms with van der Waals surface area (Å²) in [7, 11) is 0. The van der Waals surface area contributed by atoms with Crippen LogP contribution in [0.4, 0.5) is 0 Å². The first-order chi connectivity index (χ1) is 25.2. The molecular formula is C47H37N3O. The van der Waals surface area contributed by atoms with Gasteiger partial charge in [-0.2, -0.15) is 0 Å². The first-order valence-corrected chi connectivity index (χ1v) is 18.5. The van der Waals surface area contributed by atoms with Crippen molar-refractivity contribution in [3.63, 3.8) is 0 Å². The molecule has 4 nitrogen and oxygen atoms in total. The minimum Gasteiger partial charge on any atom is -0.456 e. The quantitative estimate of drug-likeness (QED) is 0.184. The van der Waals surface area contributed by atoms with E-state index >= 15 is 0 Å². The second-order valence-corrected chi connectivity index (χ2v) is 15.5. The summed E-state index contributed by atoms with van der Waals surface area (Å²) in [5.74, 6) is 4.84. The van der Waals surface area contributed by atoms with Gasteiger partial charge in [-0.1, -0.05) is 109 Å². The second-order valence-electron chi connectivity index (χ2n) is 15.5. The summed E-state index contributed by atoms with van der Waals surface area (Å²) in [6.07, 6.45) is 8.46. The van der Waals surface area contributed by atoms with E-state index < -0.39 is 0 Å². The van der Waals surface area contributed by atoms with Gasteiger partial charge in [0.05, 0.1) is 0 Å². The molecule has 0 N–H and O–H groups in total. The molecular weight excluding hydrogens is 623 g/mol. The third kappa shape index (κ3) is 4.76. The fraction of sp³-hybridized carbons (Fsp3) is 0.213. The predicted molar refractivity (Wildman–Crippen MR) is 206 cm³/mol. The van der Waals surface area contributed by atoms with Gasteiger partial charge < -0.3 is 4.42 Å². The minimum atomic E-state index is 0.364. The Labute approximate surface area is 297 Å². The van der Waals surface area contributed by atoms with Gasteiger partial charge in [-0.25, -0.2) is 15.0 Å². The largest absolute Gasteiger partial charge is 0.456 e. The third-order valence-corrected chi connectivity index (χ3v) is 12.3. The van der Waals surface area contributed by atoms with Gasteiger partial charge in [0.25, 0.3) is 0 Å². The highest BCUT2D eigenvalue weighted by atomic mass is 16.3. The molecule has 0 spiro atoms.